The highest BCUT2D eigenvalue weighted by molar-refractivity contribution is 6.21. The van der Waals surface area contributed by atoms with Gasteiger partial charge in [0.05, 0.1) is 13.1 Å². The zero-order valence-electron chi connectivity index (χ0n) is 19.7. The van der Waals surface area contributed by atoms with E-state index in [4.69, 9.17) is 11.6 Å². The fourth-order valence-electron chi connectivity index (χ4n) is 4.67. The highest BCUT2D eigenvalue weighted by Crippen LogP contribution is 2.34. The van der Waals surface area contributed by atoms with E-state index in [2.05, 4.69) is 5.32 Å². The third-order valence-electron chi connectivity index (χ3n) is 6.36. The van der Waals surface area contributed by atoms with Crippen molar-refractivity contribution in [2.45, 2.75) is 44.0 Å². The summed E-state index contributed by atoms with van der Waals surface area (Å²) in [6, 6.07) is 14.0. The summed E-state index contributed by atoms with van der Waals surface area (Å²) in [6.45, 7) is 2.18. The summed E-state index contributed by atoms with van der Waals surface area (Å²) in [7, 11) is 1.66. The molecule has 2 heterocycles. The maximum atomic E-state index is 13.5. The summed E-state index contributed by atoms with van der Waals surface area (Å²) in [4.78, 5) is 43.0. The summed E-state index contributed by atoms with van der Waals surface area (Å²) in [5, 5.41) is 5.88. The minimum Gasteiger partial charge on any atom is -0.333 e. The van der Waals surface area contributed by atoms with Crippen molar-refractivity contribution in [3.05, 3.63) is 71.5 Å². The predicted molar refractivity (Wildman–Crippen MR) is 129 cm³/mol. The summed E-state index contributed by atoms with van der Waals surface area (Å²) in [6.07, 6.45) is 0.435. The molecule has 2 saturated heterocycles. The Hall–Kier alpha value is -3.17. The van der Waals surface area contributed by atoms with Crippen LogP contribution in [-0.4, -0.2) is 70.0 Å². The molecule has 4 rings (SSSR count). The number of piperazine rings is 1. The normalized spacial score (nSPS) is 21.7. The Kier molecular flexibility index (Phi) is 7.57. The third-order valence-corrected chi connectivity index (χ3v) is 6.85. The maximum Gasteiger partial charge on any atom is 0.334 e. The van der Waals surface area contributed by atoms with Gasteiger partial charge in [0, 0.05) is 13.6 Å². The topological polar surface area (TPSA) is 76.2 Å². The van der Waals surface area contributed by atoms with Crippen LogP contribution in [0.4, 0.5) is 9.18 Å². The van der Waals surface area contributed by atoms with Crippen LogP contribution in [0.1, 0.15) is 36.4 Å². The molecule has 0 aromatic heterocycles. The molecule has 8 nitrogen and oxygen atoms in total. The second-order valence-corrected chi connectivity index (χ2v) is 9.18. The summed E-state index contributed by atoms with van der Waals surface area (Å²) < 4.78 is 13.2. The van der Waals surface area contributed by atoms with E-state index in [-0.39, 0.29) is 37.3 Å². The lowest BCUT2D eigenvalue weighted by atomic mass is 10.0. The number of fused-ring (bicyclic) bond motifs is 1. The van der Waals surface area contributed by atoms with Crippen LogP contribution in [0.15, 0.2) is 54.6 Å². The molecule has 1 N–H and O–H groups in total. The fraction of sp³-hybridized carbons (Fsp3) is 0.400. The molecule has 35 heavy (non-hydrogen) atoms. The molecular weight excluding hydrogens is 473 g/mol. The van der Waals surface area contributed by atoms with Crippen molar-refractivity contribution in [1.82, 2.24) is 25.1 Å². The predicted octanol–water partition coefficient (Wildman–Crippen LogP) is 3.30. The Morgan fingerprint density at radius 2 is 1.83 bits per heavy atom. The van der Waals surface area contributed by atoms with Crippen LogP contribution in [0.25, 0.3) is 0 Å². The smallest absolute Gasteiger partial charge is 0.333 e. The zero-order valence-corrected chi connectivity index (χ0v) is 20.5. The van der Waals surface area contributed by atoms with Gasteiger partial charge in [-0.3, -0.25) is 9.59 Å². The molecule has 2 aliphatic rings. The number of alkyl halides is 1. The quantitative estimate of drug-likeness (QED) is 0.487. The van der Waals surface area contributed by atoms with Crippen LogP contribution in [-0.2, 0) is 16.1 Å². The van der Waals surface area contributed by atoms with Gasteiger partial charge >= 0.3 is 6.03 Å². The van der Waals surface area contributed by atoms with Crippen LogP contribution in [0, 0.1) is 5.82 Å². The number of likely N-dealkylation sites (N-methyl/N-ethyl adjacent to an activating group) is 1. The van der Waals surface area contributed by atoms with E-state index >= 15 is 0 Å². The van der Waals surface area contributed by atoms with Gasteiger partial charge in [0.2, 0.25) is 11.8 Å². The molecule has 0 radical (unpaired) electrons. The highest BCUT2D eigenvalue weighted by atomic mass is 35.5. The summed E-state index contributed by atoms with van der Waals surface area (Å²) in [5.74, 6) is -0.790. The number of halogens is 2. The van der Waals surface area contributed by atoms with Crippen molar-refractivity contribution in [3.63, 3.8) is 0 Å². The van der Waals surface area contributed by atoms with Crippen molar-refractivity contribution >= 4 is 29.4 Å². The molecule has 0 saturated carbocycles. The molecule has 2 aromatic rings. The van der Waals surface area contributed by atoms with Crippen LogP contribution in [0.3, 0.4) is 0 Å². The first-order chi connectivity index (χ1) is 16.8. The molecule has 4 amide bonds. The number of hydrogen-bond acceptors (Lipinski definition) is 4. The van der Waals surface area contributed by atoms with Gasteiger partial charge in [-0.15, -0.1) is 0 Å². The van der Waals surface area contributed by atoms with E-state index in [0.717, 1.165) is 11.1 Å². The number of urea groups is 1. The van der Waals surface area contributed by atoms with E-state index in [1.807, 2.05) is 37.3 Å². The number of hydrogen-bond donors (Lipinski definition) is 1. The van der Waals surface area contributed by atoms with Crippen molar-refractivity contribution in [3.8, 4) is 0 Å². The molecule has 10 heteroatoms. The minimum atomic E-state index is -0.739. The number of nitrogens with one attached hydrogen (secondary N) is 1. The second kappa shape index (κ2) is 10.6. The molecule has 186 valence electrons. The molecule has 0 spiro atoms. The lowest BCUT2D eigenvalue weighted by Gasteiger charge is -2.55. The number of rotatable bonds is 6. The van der Waals surface area contributed by atoms with Gasteiger partial charge in [-0.25, -0.2) is 19.2 Å². The monoisotopic (exact) mass is 501 g/mol. The number of carbonyl (C=O) groups is 3. The Morgan fingerprint density at radius 1 is 1.14 bits per heavy atom. The average Bonchev–Trinajstić information content (AvgIpc) is 2.85. The summed E-state index contributed by atoms with van der Waals surface area (Å²) >= 11 is 6.77. The number of amides is 4. The second-order valence-electron chi connectivity index (χ2n) is 8.77. The van der Waals surface area contributed by atoms with E-state index in [9.17, 15) is 18.8 Å². The van der Waals surface area contributed by atoms with Gasteiger partial charge < -0.3 is 15.1 Å². The van der Waals surface area contributed by atoms with Gasteiger partial charge in [0.1, 0.15) is 23.5 Å². The van der Waals surface area contributed by atoms with E-state index in [1.54, 1.807) is 29.1 Å². The average molecular weight is 502 g/mol. The Balaban J connectivity index is 1.61. The first kappa shape index (κ1) is 24.9. The Labute approximate surface area is 209 Å². The molecule has 2 fully saturated rings. The molecule has 0 unspecified atom stereocenters. The van der Waals surface area contributed by atoms with Gasteiger partial charge in [-0.2, -0.15) is 0 Å². The molecule has 0 bridgehead atoms. The van der Waals surface area contributed by atoms with Crippen LogP contribution < -0.4 is 5.32 Å². The van der Waals surface area contributed by atoms with Crippen LogP contribution in [0.2, 0.25) is 0 Å². The maximum absolute atomic E-state index is 13.5. The Bertz CT molecular complexity index is 1070. The van der Waals surface area contributed by atoms with Gasteiger partial charge in [0.15, 0.2) is 0 Å². The first-order valence-corrected chi connectivity index (χ1v) is 12.1. The molecule has 2 aromatic carbocycles. The Morgan fingerprint density at radius 3 is 2.49 bits per heavy atom. The lowest BCUT2D eigenvalue weighted by Crippen LogP contribution is -2.75. The number of nitrogens with zero attached hydrogens (tertiary/aromatic N) is 4. The van der Waals surface area contributed by atoms with Gasteiger partial charge in [-0.05, 0) is 29.7 Å². The van der Waals surface area contributed by atoms with Gasteiger partial charge in [-0.1, -0.05) is 67.4 Å². The van der Waals surface area contributed by atoms with Crippen LogP contribution in [0.5, 0.6) is 0 Å². The largest absolute Gasteiger partial charge is 0.334 e. The van der Waals surface area contributed by atoms with Gasteiger partial charge in [0.25, 0.3) is 0 Å². The first-order valence-electron chi connectivity index (χ1n) is 11.6. The zero-order chi connectivity index (χ0) is 25.1. The molecule has 3 atom stereocenters. The van der Waals surface area contributed by atoms with E-state index < -0.39 is 23.7 Å². The van der Waals surface area contributed by atoms with E-state index in [0.29, 0.717) is 12.8 Å². The highest BCUT2D eigenvalue weighted by Gasteiger charge is 2.51. The van der Waals surface area contributed by atoms with E-state index in [1.165, 1.54) is 22.0 Å². The number of carbonyl (C=O) groups excluding carboxylic acids is 3. The third kappa shape index (κ3) is 5.11. The fourth-order valence-corrected chi connectivity index (χ4v) is 4.99. The summed E-state index contributed by atoms with van der Waals surface area (Å²) in [5.41, 5.74) is 0.757. The van der Waals surface area contributed by atoms with Crippen molar-refractivity contribution in [1.29, 1.82) is 0 Å². The number of hydrazine groups is 1. The van der Waals surface area contributed by atoms with Crippen LogP contribution >= 0.6 is 11.6 Å². The van der Waals surface area contributed by atoms with Crippen molar-refractivity contribution in [2.24, 2.45) is 0 Å². The SMILES string of the molecule is CCC[C@H]1C(=O)N([C@H](Cl)c2ccccc2)C[C@H]2N1C(=O)CN(C)N2C(=O)NCc1ccc(F)cc1. The van der Waals surface area contributed by atoms with Crippen molar-refractivity contribution < 1.29 is 18.8 Å². The standard InChI is InChI=1S/C25H29ClFN5O3/c1-3-7-20-24(34)30(23(26)18-8-5-4-6-9-18)15-21-31(20)22(33)16-29(2)32(21)25(35)28-14-17-10-12-19(27)13-11-17/h4-6,8-13,20-21,23H,3,7,14-16H2,1-2H3,(H,28,35)/t20-,21-,23-/m0/s1. The molecular formula is C25H29ClFN5O3. The van der Waals surface area contributed by atoms with Crippen molar-refractivity contribution in [2.75, 3.05) is 20.1 Å². The number of benzene rings is 2. The lowest BCUT2D eigenvalue weighted by molar-refractivity contribution is -0.188. The molecule has 0 aliphatic carbocycles. The minimum absolute atomic E-state index is 0.0308. The molecule has 2 aliphatic heterocycles.